The van der Waals surface area contributed by atoms with E-state index in [-0.39, 0.29) is 34.0 Å². The van der Waals surface area contributed by atoms with E-state index in [0.717, 1.165) is 30.2 Å². The van der Waals surface area contributed by atoms with Crippen LogP contribution >= 0.6 is 0 Å². The maximum atomic E-state index is 14.8. The molecule has 0 aromatic heterocycles. The van der Waals surface area contributed by atoms with Crippen LogP contribution in [0.4, 0.5) is 17.6 Å². The summed E-state index contributed by atoms with van der Waals surface area (Å²) in [6, 6.07) is 6.28. The Morgan fingerprint density at radius 2 is 1.36 bits per heavy atom. The summed E-state index contributed by atoms with van der Waals surface area (Å²) in [6.45, 7) is 29.7. The van der Waals surface area contributed by atoms with E-state index in [2.05, 4.69) is 39.5 Å². The summed E-state index contributed by atoms with van der Waals surface area (Å²) in [4.78, 5) is 0. The summed E-state index contributed by atoms with van der Waals surface area (Å²) < 4.78 is 63.2. The second-order valence-electron chi connectivity index (χ2n) is 9.46. The Morgan fingerprint density at radius 3 is 1.90 bits per heavy atom. The predicted molar refractivity (Wildman–Crippen MR) is 157 cm³/mol. The van der Waals surface area contributed by atoms with E-state index in [9.17, 15) is 17.6 Å². The third-order valence-corrected chi connectivity index (χ3v) is 5.77. The summed E-state index contributed by atoms with van der Waals surface area (Å²) >= 11 is 0. The minimum Gasteiger partial charge on any atom is -0.429 e. The summed E-state index contributed by atoms with van der Waals surface area (Å²) in [5.74, 6) is -1.35. The normalized spacial score (nSPS) is 13.6. The molecule has 39 heavy (non-hydrogen) atoms. The molecule has 0 N–H and O–H groups in total. The van der Waals surface area contributed by atoms with Gasteiger partial charge in [-0.2, -0.15) is 8.78 Å². The third-order valence-electron chi connectivity index (χ3n) is 5.77. The Morgan fingerprint density at radius 1 is 0.821 bits per heavy atom. The lowest BCUT2D eigenvalue weighted by Crippen LogP contribution is -2.26. The van der Waals surface area contributed by atoms with Crippen molar-refractivity contribution in [1.29, 1.82) is 0 Å². The number of aryl methyl sites for hydroxylation is 1. The lowest BCUT2D eigenvalue weighted by Gasteiger charge is -2.18. The predicted octanol–water partition coefficient (Wildman–Crippen LogP) is 10.7. The number of hydrogen-bond donors (Lipinski definition) is 0. The zero-order valence-corrected chi connectivity index (χ0v) is 23.3. The highest BCUT2D eigenvalue weighted by Gasteiger charge is 2.34. The molecule has 208 valence electrons. The van der Waals surface area contributed by atoms with Crippen molar-refractivity contribution >= 4 is 0 Å². The van der Waals surface area contributed by atoms with Gasteiger partial charge in [0.05, 0.1) is 5.57 Å². The first-order valence-electron chi connectivity index (χ1n) is 12.5. The molecule has 0 aliphatic heterocycles. The first-order chi connectivity index (χ1) is 18.1. The maximum Gasteiger partial charge on any atom is 0.426 e. The lowest BCUT2D eigenvalue weighted by atomic mass is 9.97. The Hall–Kier alpha value is -3.86. The fraction of sp³-hybridized carbons (Fsp3) is 0.235. The molecular weight excluding hydrogens is 500 g/mol. The summed E-state index contributed by atoms with van der Waals surface area (Å²) in [7, 11) is 0. The van der Waals surface area contributed by atoms with Gasteiger partial charge in [0.15, 0.2) is 0 Å². The molecule has 0 amide bonds. The molecule has 0 aliphatic carbocycles. The molecule has 0 aliphatic rings. The van der Waals surface area contributed by atoms with Gasteiger partial charge in [0, 0.05) is 11.1 Å². The standard InChI is InChI=1S/C34H38F4O/c1-11-30-16-18-31(19-17-30)39-34(37,38)27(8)15-14-24(5)28(9)33(36)21-26(7)29(10)32(35)20-25(6)23(4)13-12-22(2)3/h12-23H,5-11H2,1-4H3/b13-12-,15-14-,32-20+,33-21+/t23-/m0/s1. The lowest BCUT2D eigenvalue weighted by molar-refractivity contribution is -0.138. The van der Waals surface area contributed by atoms with Crippen molar-refractivity contribution in [3.05, 3.63) is 151 Å². The highest BCUT2D eigenvalue weighted by Crippen LogP contribution is 2.30. The van der Waals surface area contributed by atoms with Crippen molar-refractivity contribution in [3.63, 3.8) is 0 Å². The molecule has 0 saturated carbocycles. The minimum absolute atomic E-state index is 0.00145. The van der Waals surface area contributed by atoms with Crippen LogP contribution in [0.1, 0.15) is 33.3 Å². The molecular formula is C34H38F4O. The molecule has 1 rings (SSSR count). The van der Waals surface area contributed by atoms with Gasteiger partial charge in [0.2, 0.25) is 0 Å². The molecule has 0 spiro atoms. The molecule has 1 nitrogen and oxygen atoms in total. The molecule has 5 heteroatoms. The number of benzene rings is 1. The van der Waals surface area contributed by atoms with Crippen molar-refractivity contribution in [2.45, 2.75) is 40.2 Å². The molecule has 0 heterocycles. The van der Waals surface area contributed by atoms with Crippen LogP contribution in [-0.4, -0.2) is 6.11 Å². The number of halogens is 4. The van der Waals surface area contributed by atoms with Gasteiger partial charge in [0.25, 0.3) is 0 Å². The second kappa shape index (κ2) is 14.9. The fourth-order valence-corrected chi connectivity index (χ4v) is 2.93. The molecule has 1 aromatic rings. The van der Waals surface area contributed by atoms with E-state index in [1.54, 1.807) is 12.1 Å². The first kappa shape index (κ1) is 33.2. The fourth-order valence-electron chi connectivity index (χ4n) is 2.93. The minimum atomic E-state index is -3.71. The highest BCUT2D eigenvalue weighted by atomic mass is 19.3. The van der Waals surface area contributed by atoms with E-state index in [1.807, 2.05) is 39.8 Å². The van der Waals surface area contributed by atoms with Gasteiger partial charge >= 0.3 is 6.11 Å². The van der Waals surface area contributed by atoms with E-state index in [0.29, 0.717) is 11.5 Å². The molecule has 0 unspecified atom stereocenters. The van der Waals surface area contributed by atoms with Gasteiger partial charge in [-0.25, -0.2) is 8.78 Å². The topological polar surface area (TPSA) is 9.23 Å². The zero-order valence-electron chi connectivity index (χ0n) is 23.3. The SMILES string of the molecule is C=C(/C=C\C(=C)C(F)(F)Oc1ccc(CC)cc1)C(=C)/C(F)=C\C(=C)C(=C)/C(F)=C\C(=C)[C@@H](C)/C=C\C(C)C. The Kier molecular flexibility index (Phi) is 12.7. The first-order valence-corrected chi connectivity index (χ1v) is 12.5. The number of ether oxygens (including phenoxy) is 1. The van der Waals surface area contributed by atoms with E-state index < -0.39 is 23.3 Å². The summed E-state index contributed by atoms with van der Waals surface area (Å²) in [5.41, 5.74) is 0.477. The zero-order chi connectivity index (χ0) is 29.9. The van der Waals surface area contributed by atoms with Gasteiger partial charge in [0.1, 0.15) is 17.4 Å². The van der Waals surface area contributed by atoms with Crippen LogP contribution in [0.5, 0.6) is 5.75 Å². The Labute approximate surface area is 231 Å². The largest absolute Gasteiger partial charge is 0.429 e. The van der Waals surface area contributed by atoms with Crippen molar-refractivity contribution in [2.24, 2.45) is 11.8 Å². The van der Waals surface area contributed by atoms with Gasteiger partial charge in [-0.3, -0.25) is 0 Å². The summed E-state index contributed by atoms with van der Waals surface area (Å²) in [6.07, 6.45) is 5.28. The van der Waals surface area contributed by atoms with Crippen LogP contribution in [-0.2, 0) is 6.42 Å². The highest BCUT2D eigenvalue weighted by molar-refractivity contribution is 5.54. The molecule has 1 atom stereocenters. The third kappa shape index (κ3) is 10.8. The van der Waals surface area contributed by atoms with Crippen molar-refractivity contribution in [3.8, 4) is 5.75 Å². The Bertz CT molecular complexity index is 1230. The number of hydrogen-bond acceptors (Lipinski definition) is 1. The molecule has 0 fully saturated rings. The van der Waals surface area contributed by atoms with E-state index in [4.69, 9.17) is 4.74 Å². The number of alkyl halides is 2. The quantitative estimate of drug-likeness (QED) is 0.123. The van der Waals surface area contributed by atoms with Gasteiger partial charge in [-0.05, 0) is 70.9 Å². The molecule has 0 saturated heterocycles. The van der Waals surface area contributed by atoms with Crippen molar-refractivity contribution in [1.82, 2.24) is 0 Å². The van der Waals surface area contributed by atoms with Gasteiger partial charge in [-0.15, -0.1) is 0 Å². The van der Waals surface area contributed by atoms with Crippen LogP contribution in [0.2, 0.25) is 0 Å². The number of allylic oxidation sites excluding steroid dienone is 12. The van der Waals surface area contributed by atoms with Gasteiger partial charge in [-0.1, -0.05) is 97.5 Å². The van der Waals surface area contributed by atoms with Crippen molar-refractivity contribution in [2.75, 3.05) is 0 Å². The Balaban J connectivity index is 2.85. The van der Waals surface area contributed by atoms with Crippen LogP contribution in [0.25, 0.3) is 0 Å². The maximum absolute atomic E-state index is 14.8. The van der Waals surface area contributed by atoms with Gasteiger partial charge < -0.3 is 4.74 Å². The van der Waals surface area contributed by atoms with Crippen LogP contribution in [0.15, 0.2) is 145 Å². The van der Waals surface area contributed by atoms with Crippen LogP contribution in [0, 0.1) is 11.8 Å². The van der Waals surface area contributed by atoms with E-state index >= 15 is 0 Å². The molecule has 1 aromatic carbocycles. The van der Waals surface area contributed by atoms with Crippen LogP contribution < -0.4 is 4.74 Å². The second-order valence-corrected chi connectivity index (χ2v) is 9.46. The summed E-state index contributed by atoms with van der Waals surface area (Å²) in [5, 5.41) is 0. The monoisotopic (exact) mass is 538 g/mol. The van der Waals surface area contributed by atoms with E-state index in [1.165, 1.54) is 18.2 Å². The number of rotatable bonds is 15. The molecule has 0 bridgehead atoms. The van der Waals surface area contributed by atoms with Crippen molar-refractivity contribution < 1.29 is 22.3 Å². The van der Waals surface area contributed by atoms with Crippen LogP contribution in [0.3, 0.4) is 0 Å². The molecule has 0 radical (unpaired) electrons. The average molecular weight is 539 g/mol. The average Bonchev–Trinajstić information content (AvgIpc) is 2.88. The smallest absolute Gasteiger partial charge is 0.426 e.